The molecule has 0 radical (unpaired) electrons. The van der Waals surface area contributed by atoms with Gasteiger partial charge in [-0.2, -0.15) is 0 Å². The molecule has 1 aromatic heterocycles. The number of likely N-dealkylation sites (tertiary alicyclic amines) is 1. The third kappa shape index (κ3) is 4.32. The number of ether oxygens (including phenoxy) is 1. The van der Waals surface area contributed by atoms with Crippen LogP contribution in [0.5, 0.6) is 0 Å². The van der Waals surface area contributed by atoms with Gasteiger partial charge in [0.2, 0.25) is 0 Å². The molecule has 0 aliphatic carbocycles. The zero-order valence-electron chi connectivity index (χ0n) is 16.8. The van der Waals surface area contributed by atoms with Gasteiger partial charge in [-0.05, 0) is 55.2 Å². The summed E-state index contributed by atoms with van der Waals surface area (Å²) in [6.45, 7) is 3.29. The number of benzene rings is 2. The van der Waals surface area contributed by atoms with E-state index in [1.807, 2.05) is 12.1 Å². The fourth-order valence-corrected chi connectivity index (χ4v) is 3.67. The molecule has 0 bridgehead atoms. The van der Waals surface area contributed by atoms with Crippen LogP contribution in [0, 0.1) is 11.7 Å². The van der Waals surface area contributed by atoms with E-state index in [1.54, 1.807) is 35.2 Å². The number of piperidine rings is 1. The van der Waals surface area contributed by atoms with Crippen molar-refractivity contribution >= 4 is 22.8 Å². The summed E-state index contributed by atoms with van der Waals surface area (Å²) in [5.74, 6) is -0.475. The van der Waals surface area contributed by atoms with Crippen LogP contribution in [0.1, 0.15) is 30.1 Å². The van der Waals surface area contributed by atoms with Crippen LogP contribution in [0.2, 0.25) is 0 Å². The van der Waals surface area contributed by atoms with Gasteiger partial charge in [0.1, 0.15) is 5.82 Å². The van der Waals surface area contributed by atoms with Crippen LogP contribution in [0.25, 0.3) is 22.2 Å². The van der Waals surface area contributed by atoms with E-state index in [-0.39, 0.29) is 18.3 Å². The Labute approximate surface area is 174 Å². The number of amides is 1. The highest BCUT2D eigenvalue weighted by Gasteiger charge is 2.22. The van der Waals surface area contributed by atoms with Gasteiger partial charge in [0.15, 0.2) is 6.61 Å². The van der Waals surface area contributed by atoms with Crippen LogP contribution < -0.4 is 0 Å². The summed E-state index contributed by atoms with van der Waals surface area (Å²) in [5, 5.41) is 0.646. The van der Waals surface area contributed by atoms with Crippen molar-refractivity contribution in [2.24, 2.45) is 5.92 Å². The summed E-state index contributed by atoms with van der Waals surface area (Å²) in [5.41, 5.74) is 2.19. The smallest absolute Gasteiger partial charge is 0.339 e. The lowest BCUT2D eigenvalue weighted by Gasteiger charge is -2.30. The fraction of sp³-hybridized carbons (Fsp3) is 0.292. The first-order valence-electron chi connectivity index (χ1n) is 10.1. The van der Waals surface area contributed by atoms with Crippen LogP contribution in [-0.4, -0.2) is 41.5 Å². The van der Waals surface area contributed by atoms with Gasteiger partial charge in [-0.1, -0.05) is 25.1 Å². The predicted octanol–water partition coefficient (Wildman–Crippen LogP) is 4.46. The normalized spacial score (nSPS) is 14.7. The number of rotatable bonds is 4. The molecule has 4 rings (SSSR count). The summed E-state index contributed by atoms with van der Waals surface area (Å²) in [6, 6.07) is 14.8. The summed E-state index contributed by atoms with van der Waals surface area (Å²) in [4.78, 5) is 31.6. The van der Waals surface area contributed by atoms with E-state index in [0.717, 1.165) is 12.8 Å². The number of nitrogens with zero attached hydrogens (tertiary/aromatic N) is 2. The monoisotopic (exact) mass is 406 g/mol. The molecule has 30 heavy (non-hydrogen) atoms. The Hall–Kier alpha value is -3.28. The Morgan fingerprint density at radius 3 is 2.53 bits per heavy atom. The minimum absolute atomic E-state index is 0.174. The molecule has 2 aromatic carbocycles. The average molecular weight is 406 g/mol. The highest BCUT2D eigenvalue weighted by molar-refractivity contribution is 6.05. The second kappa shape index (κ2) is 8.61. The van der Waals surface area contributed by atoms with E-state index in [1.165, 1.54) is 12.1 Å². The zero-order valence-corrected chi connectivity index (χ0v) is 16.8. The predicted molar refractivity (Wildman–Crippen MR) is 112 cm³/mol. The van der Waals surface area contributed by atoms with Crippen LogP contribution in [-0.2, 0) is 9.53 Å². The molecule has 0 atom stereocenters. The first-order chi connectivity index (χ1) is 14.5. The van der Waals surface area contributed by atoms with Crippen LogP contribution in [0.4, 0.5) is 4.39 Å². The number of fused-ring (bicyclic) bond motifs is 1. The number of para-hydroxylation sites is 1. The number of carbonyl (C=O) groups excluding carboxylic acids is 2. The van der Waals surface area contributed by atoms with Gasteiger partial charge in [0.25, 0.3) is 5.91 Å². The third-order valence-corrected chi connectivity index (χ3v) is 5.54. The van der Waals surface area contributed by atoms with Gasteiger partial charge in [0, 0.05) is 24.0 Å². The van der Waals surface area contributed by atoms with Crippen molar-refractivity contribution < 1.29 is 18.7 Å². The van der Waals surface area contributed by atoms with Crippen LogP contribution in [0.15, 0.2) is 54.6 Å². The van der Waals surface area contributed by atoms with Crippen molar-refractivity contribution in [3.63, 3.8) is 0 Å². The van der Waals surface area contributed by atoms with Crippen molar-refractivity contribution in [2.45, 2.75) is 19.8 Å². The zero-order chi connectivity index (χ0) is 21.1. The molecular formula is C24H23FN2O3. The summed E-state index contributed by atoms with van der Waals surface area (Å²) >= 11 is 0. The van der Waals surface area contributed by atoms with Crippen LogP contribution in [0.3, 0.4) is 0 Å². The Morgan fingerprint density at radius 1 is 1.10 bits per heavy atom. The van der Waals surface area contributed by atoms with Gasteiger partial charge in [-0.3, -0.25) is 4.79 Å². The second-order valence-corrected chi connectivity index (χ2v) is 7.72. The van der Waals surface area contributed by atoms with Crippen molar-refractivity contribution in [3.05, 3.63) is 66.0 Å². The average Bonchev–Trinajstić information content (AvgIpc) is 2.77. The van der Waals surface area contributed by atoms with Gasteiger partial charge >= 0.3 is 5.97 Å². The Balaban J connectivity index is 1.57. The molecule has 2 heterocycles. The minimum Gasteiger partial charge on any atom is -0.452 e. The SMILES string of the molecule is CC1CCN(C(=O)COC(=O)c2cc(-c3ccc(F)cc3)nc3ccccc23)CC1. The molecule has 154 valence electrons. The molecule has 5 nitrogen and oxygen atoms in total. The number of pyridine rings is 1. The van der Waals surface area contributed by atoms with E-state index >= 15 is 0 Å². The minimum atomic E-state index is -0.573. The number of halogens is 1. The maximum atomic E-state index is 13.3. The lowest BCUT2D eigenvalue weighted by molar-refractivity contribution is -0.135. The summed E-state index contributed by atoms with van der Waals surface area (Å²) in [7, 11) is 0. The number of aromatic nitrogens is 1. The molecule has 0 spiro atoms. The largest absolute Gasteiger partial charge is 0.452 e. The number of hydrogen-bond donors (Lipinski definition) is 0. The van der Waals surface area contributed by atoms with Crippen molar-refractivity contribution in [2.75, 3.05) is 19.7 Å². The van der Waals surface area contributed by atoms with E-state index < -0.39 is 5.97 Å². The number of carbonyl (C=O) groups is 2. The fourth-order valence-electron chi connectivity index (χ4n) is 3.67. The quantitative estimate of drug-likeness (QED) is 0.601. The molecule has 0 unspecified atom stereocenters. The van der Waals surface area contributed by atoms with E-state index in [2.05, 4.69) is 11.9 Å². The van der Waals surface area contributed by atoms with E-state index in [4.69, 9.17) is 4.74 Å². The molecule has 1 aliphatic rings. The molecule has 3 aromatic rings. The second-order valence-electron chi connectivity index (χ2n) is 7.72. The highest BCUT2D eigenvalue weighted by atomic mass is 19.1. The topological polar surface area (TPSA) is 59.5 Å². The Morgan fingerprint density at radius 2 is 1.80 bits per heavy atom. The van der Waals surface area contributed by atoms with E-state index in [0.29, 0.717) is 46.7 Å². The molecule has 1 aliphatic heterocycles. The molecule has 1 saturated heterocycles. The van der Waals surface area contributed by atoms with Crippen molar-refractivity contribution in [3.8, 4) is 11.3 Å². The summed E-state index contributed by atoms with van der Waals surface area (Å²) in [6.07, 6.45) is 1.94. The molecule has 1 fully saturated rings. The molecular weight excluding hydrogens is 383 g/mol. The first kappa shape index (κ1) is 20.0. The van der Waals surface area contributed by atoms with Crippen LogP contribution >= 0.6 is 0 Å². The maximum absolute atomic E-state index is 13.3. The lowest BCUT2D eigenvalue weighted by Crippen LogP contribution is -2.40. The van der Waals surface area contributed by atoms with Gasteiger partial charge in [-0.25, -0.2) is 14.2 Å². The standard InChI is InChI=1S/C24H23FN2O3/c1-16-10-12-27(13-11-16)23(28)15-30-24(29)20-14-22(17-6-8-18(25)9-7-17)26-21-5-3-2-4-19(20)21/h2-9,14,16H,10-13,15H2,1H3. The van der Waals surface area contributed by atoms with Crippen molar-refractivity contribution in [1.29, 1.82) is 0 Å². The first-order valence-corrected chi connectivity index (χ1v) is 10.1. The van der Waals surface area contributed by atoms with Gasteiger partial charge < -0.3 is 9.64 Å². The maximum Gasteiger partial charge on any atom is 0.339 e. The highest BCUT2D eigenvalue weighted by Crippen LogP contribution is 2.26. The molecule has 0 N–H and O–H groups in total. The molecule has 6 heteroatoms. The van der Waals surface area contributed by atoms with Crippen molar-refractivity contribution in [1.82, 2.24) is 9.88 Å². The Kier molecular flexibility index (Phi) is 5.74. The van der Waals surface area contributed by atoms with Gasteiger partial charge in [0.05, 0.1) is 16.8 Å². The summed E-state index contributed by atoms with van der Waals surface area (Å²) < 4.78 is 18.7. The number of hydrogen-bond acceptors (Lipinski definition) is 4. The molecule has 1 amide bonds. The Bertz CT molecular complexity index is 1070. The third-order valence-electron chi connectivity index (χ3n) is 5.54. The van der Waals surface area contributed by atoms with E-state index in [9.17, 15) is 14.0 Å². The molecule has 0 saturated carbocycles. The lowest BCUT2D eigenvalue weighted by atomic mass is 9.99. The van der Waals surface area contributed by atoms with Gasteiger partial charge in [-0.15, -0.1) is 0 Å². The number of esters is 1.